The highest BCUT2D eigenvalue weighted by atomic mass is 16.6. The van der Waals surface area contributed by atoms with Gasteiger partial charge < -0.3 is 25.8 Å². The summed E-state index contributed by atoms with van der Waals surface area (Å²) in [6, 6.07) is 12.5. The van der Waals surface area contributed by atoms with Crippen molar-refractivity contribution in [3.63, 3.8) is 0 Å². The fraction of sp³-hybridized carbons (Fsp3) is 0.318. The van der Waals surface area contributed by atoms with Crippen molar-refractivity contribution in [1.82, 2.24) is 0 Å². The van der Waals surface area contributed by atoms with Gasteiger partial charge in [0, 0.05) is 18.2 Å². The zero-order valence-electron chi connectivity index (χ0n) is 17.0. The van der Waals surface area contributed by atoms with Gasteiger partial charge >= 0.3 is 5.97 Å². The minimum absolute atomic E-state index is 0.229. The second-order valence-electron chi connectivity index (χ2n) is 7.07. The molecular weight excluding hydrogens is 386 g/mol. The molecule has 1 amide bonds. The third-order valence-electron chi connectivity index (χ3n) is 5.15. The van der Waals surface area contributed by atoms with E-state index in [2.05, 4.69) is 0 Å². The summed E-state index contributed by atoms with van der Waals surface area (Å²) in [5.74, 6) is -2.85. The van der Waals surface area contributed by atoms with Crippen LogP contribution in [0, 0.1) is 0 Å². The van der Waals surface area contributed by atoms with Crippen LogP contribution in [0.2, 0.25) is 0 Å². The molecule has 0 aliphatic carbocycles. The summed E-state index contributed by atoms with van der Waals surface area (Å²) in [5, 5.41) is 0. The van der Waals surface area contributed by atoms with E-state index in [-0.39, 0.29) is 13.2 Å². The summed E-state index contributed by atoms with van der Waals surface area (Å²) in [6.45, 7) is 3.91. The van der Waals surface area contributed by atoms with Gasteiger partial charge in [-0.2, -0.15) is 0 Å². The van der Waals surface area contributed by atoms with E-state index in [1.165, 1.54) is 0 Å². The number of esters is 1. The molecule has 8 heteroatoms. The second-order valence-corrected chi connectivity index (χ2v) is 7.07. The van der Waals surface area contributed by atoms with Crippen LogP contribution in [0.3, 0.4) is 0 Å². The highest BCUT2D eigenvalue weighted by Crippen LogP contribution is 2.50. The van der Waals surface area contributed by atoms with Gasteiger partial charge in [-0.25, -0.2) is 4.79 Å². The smallest absolute Gasteiger partial charge is 0.344 e. The highest BCUT2D eigenvalue weighted by molar-refractivity contribution is 6.38. The number of ether oxygens (including phenoxy) is 2. The van der Waals surface area contributed by atoms with Crippen LogP contribution in [0.4, 0.5) is 11.4 Å². The van der Waals surface area contributed by atoms with Gasteiger partial charge in [-0.15, -0.1) is 0 Å². The molecule has 1 aliphatic rings. The summed E-state index contributed by atoms with van der Waals surface area (Å²) < 4.78 is 10.6. The Morgan fingerprint density at radius 1 is 1.10 bits per heavy atom. The van der Waals surface area contributed by atoms with E-state index < -0.39 is 29.6 Å². The van der Waals surface area contributed by atoms with Crippen molar-refractivity contribution in [2.24, 2.45) is 5.73 Å². The largest absolute Gasteiger partial charge is 0.482 e. The molecular formula is C22H25N3O5. The fourth-order valence-electron chi connectivity index (χ4n) is 3.82. The minimum atomic E-state index is -1.03. The number of anilines is 2. The molecule has 0 saturated carbocycles. The number of Topliss-reactive ketones (excluding diaryl/α,β-unsaturated/α-hetero) is 1. The monoisotopic (exact) mass is 411 g/mol. The van der Waals surface area contributed by atoms with Crippen LogP contribution in [0.5, 0.6) is 5.75 Å². The number of nitrogens with two attached hydrogens (primary N) is 2. The Balaban J connectivity index is 2.05. The van der Waals surface area contributed by atoms with E-state index >= 15 is 0 Å². The first-order valence-electron chi connectivity index (χ1n) is 9.70. The van der Waals surface area contributed by atoms with Crippen molar-refractivity contribution in [1.29, 1.82) is 0 Å². The molecule has 2 unspecified atom stereocenters. The van der Waals surface area contributed by atoms with E-state index in [1.54, 1.807) is 19.1 Å². The SMILES string of the molecule is CCOC(=O)COc1ccc(N)c2c1C(C(=O)C(N)=O)C(C)N2Cc1ccccc1. The van der Waals surface area contributed by atoms with Crippen LogP contribution in [-0.2, 0) is 25.7 Å². The predicted octanol–water partition coefficient (Wildman–Crippen LogP) is 1.76. The van der Waals surface area contributed by atoms with Crippen LogP contribution in [0.1, 0.15) is 30.9 Å². The van der Waals surface area contributed by atoms with Gasteiger partial charge in [-0.1, -0.05) is 30.3 Å². The maximum Gasteiger partial charge on any atom is 0.344 e. The van der Waals surface area contributed by atoms with Crippen LogP contribution < -0.4 is 21.1 Å². The van der Waals surface area contributed by atoms with E-state index in [4.69, 9.17) is 20.9 Å². The summed E-state index contributed by atoms with van der Waals surface area (Å²) in [6.07, 6.45) is 0. The molecule has 4 N–H and O–H groups in total. The Hall–Kier alpha value is -3.55. The Kier molecular flexibility index (Phi) is 6.25. The van der Waals surface area contributed by atoms with Crippen LogP contribution in [0.25, 0.3) is 0 Å². The van der Waals surface area contributed by atoms with Crippen molar-refractivity contribution in [2.75, 3.05) is 23.8 Å². The average Bonchev–Trinajstić information content (AvgIpc) is 3.01. The van der Waals surface area contributed by atoms with Gasteiger partial charge in [-0.3, -0.25) is 9.59 Å². The number of carbonyl (C=O) groups is 3. The third kappa shape index (κ3) is 4.07. The number of hydrogen-bond donors (Lipinski definition) is 2. The van der Waals surface area contributed by atoms with Gasteiger partial charge in [-0.05, 0) is 31.5 Å². The van der Waals surface area contributed by atoms with E-state index in [1.807, 2.05) is 42.2 Å². The molecule has 0 aromatic heterocycles. The summed E-state index contributed by atoms with van der Waals surface area (Å²) in [4.78, 5) is 38.2. The van der Waals surface area contributed by atoms with Crippen LogP contribution in [-0.4, -0.2) is 36.9 Å². The molecule has 8 nitrogen and oxygen atoms in total. The van der Waals surface area contributed by atoms with Crippen molar-refractivity contribution in [3.8, 4) is 5.75 Å². The number of primary amides is 1. The number of amides is 1. The lowest BCUT2D eigenvalue weighted by atomic mass is 9.90. The van der Waals surface area contributed by atoms with Gasteiger partial charge in [0.05, 0.1) is 23.9 Å². The number of hydrogen-bond acceptors (Lipinski definition) is 7. The minimum Gasteiger partial charge on any atom is -0.482 e. The molecule has 1 aliphatic heterocycles. The standard InChI is InChI=1S/C22H25N3O5/c1-3-29-17(26)12-30-16-10-9-15(23)20-19(16)18(21(27)22(24)28)13(2)25(20)11-14-7-5-4-6-8-14/h4-10,13,18H,3,11-12,23H2,1-2H3,(H2,24,28). The van der Waals surface area contributed by atoms with Crippen LogP contribution >= 0.6 is 0 Å². The zero-order valence-corrected chi connectivity index (χ0v) is 17.0. The van der Waals surface area contributed by atoms with Crippen molar-refractivity contribution >= 4 is 29.0 Å². The lowest BCUT2D eigenvalue weighted by molar-refractivity contribution is -0.145. The molecule has 1 heterocycles. The third-order valence-corrected chi connectivity index (χ3v) is 5.15. The Morgan fingerprint density at radius 3 is 2.43 bits per heavy atom. The number of benzene rings is 2. The molecule has 2 aromatic rings. The number of rotatable bonds is 8. The zero-order chi connectivity index (χ0) is 21.8. The van der Waals surface area contributed by atoms with E-state index in [0.29, 0.717) is 29.2 Å². The number of carbonyl (C=O) groups excluding carboxylic acids is 3. The average molecular weight is 411 g/mol. The quantitative estimate of drug-likeness (QED) is 0.385. The lowest BCUT2D eigenvalue weighted by Gasteiger charge is -2.27. The number of ketones is 1. The Bertz CT molecular complexity index is 961. The molecule has 0 bridgehead atoms. The molecule has 0 radical (unpaired) electrons. The first-order chi connectivity index (χ1) is 14.3. The van der Waals surface area contributed by atoms with Crippen LogP contribution in [0.15, 0.2) is 42.5 Å². The second kappa shape index (κ2) is 8.86. The predicted molar refractivity (Wildman–Crippen MR) is 112 cm³/mol. The molecule has 30 heavy (non-hydrogen) atoms. The summed E-state index contributed by atoms with van der Waals surface area (Å²) in [5.41, 5.74) is 14.1. The first kappa shape index (κ1) is 21.2. The number of fused-ring (bicyclic) bond motifs is 1. The van der Waals surface area contributed by atoms with E-state index in [9.17, 15) is 14.4 Å². The first-order valence-corrected chi connectivity index (χ1v) is 9.70. The summed E-state index contributed by atoms with van der Waals surface area (Å²) in [7, 11) is 0. The topological polar surface area (TPSA) is 125 Å². The highest BCUT2D eigenvalue weighted by Gasteiger charge is 2.45. The van der Waals surface area contributed by atoms with E-state index in [0.717, 1.165) is 5.56 Å². The molecule has 2 aromatic carbocycles. The maximum absolute atomic E-state index is 12.7. The summed E-state index contributed by atoms with van der Waals surface area (Å²) >= 11 is 0. The number of nitrogens with zero attached hydrogens (tertiary/aromatic N) is 1. The molecule has 0 spiro atoms. The van der Waals surface area contributed by atoms with Crippen molar-refractivity contribution in [2.45, 2.75) is 32.4 Å². The lowest BCUT2D eigenvalue weighted by Crippen LogP contribution is -2.38. The van der Waals surface area contributed by atoms with Gasteiger partial charge in [0.25, 0.3) is 5.91 Å². The molecule has 0 saturated heterocycles. The maximum atomic E-state index is 12.7. The molecule has 2 atom stereocenters. The molecule has 158 valence electrons. The fourth-order valence-corrected chi connectivity index (χ4v) is 3.82. The van der Waals surface area contributed by atoms with Gasteiger partial charge in [0.2, 0.25) is 5.78 Å². The Labute approximate surface area is 174 Å². The number of nitrogen functional groups attached to an aromatic ring is 1. The Morgan fingerprint density at radius 2 is 1.80 bits per heavy atom. The normalized spacial score (nSPS) is 17.3. The van der Waals surface area contributed by atoms with Gasteiger partial charge in [0.15, 0.2) is 6.61 Å². The van der Waals surface area contributed by atoms with Crippen molar-refractivity contribution in [3.05, 3.63) is 53.6 Å². The van der Waals surface area contributed by atoms with Gasteiger partial charge in [0.1, 0.15) is 5.75 Å². The molecule has 3 rings (SSSR count). The van der Waals surface area contributed by atoms with Crippen molar-refractivity contribution < 1.29 is 23.9 Å². The molecule has 0 fully saturated rings.